The molecule has 2 saturated carbocycles. The van der Waals surface area contributed by atoms with Crippen molar-refractivity contribution in [2.75, 3.05) is 12.4 Å². The van der Waals surface area contributed by atoms with E-state index < -0.39 is 0 Å². The molecule has 1 heterocycles. The van der Waals surface area contributed by atoms with E-state index in [0.717, 1.165) is 11.4 Å². The van der Waals surface area contributed by atoms with E-state index in [1.165, 1.54) is 37.4 Å². The lowest BCUT2D eigenvalue weighted by Gasteiger charge is -2.17. The number of tetrazole rings is 1. The molecule has 8 heteroatoms. The summed E-state index contributed by atoms with van der Waals surface area (Å²) in [6.45, 7) is 2.50. The van der Waals surface area contributed by atoms with Gasteiger partial charge in [0.05, 0.1) is 12.4 Å². The van der Waals surface area contributed by atoms with Crippen LogP contribution in [0.3, 0.4) is 0 Å². The average molecular weight is 373 g/mol. The third kappa shape index (κ3) is 4.00. The first-order chi connectivity index (χ1) is 12.8. The maximum atomic E-state index is 12.4. The standard InChI is InChI=1S/C18H23N5O2S/c1-2-25-15-6-4-3-5-14(15)23-18(20-21-22-23)26-11-16(24)19-17(12-7-8-12)13-9-10-13/h3-6,12-13,17H,2,7-11H2,1H3,(H,19,24). The highest BCUT2D eigenvalue weighted by atomic mass is 32.2. The molecule has 0 atom stereocenters. The zero-order valence-electron chi connectivity index (χ0n) is 14.8. The van der Waals surface area contributed by atoms with Crippen LogP contribution in [0.25, 0.3) is 5.69 Å². The summed E-state index contributed by atoms with van der Waals surface area (Å²) >= 11 is 1.35. The van der Waals surface area contributed by atoms with Crippen molar-refractivity contribution in [2.45, 2.75) is 43.8 Å². The predicted octanol–water partition coefficient (Wildman–Crippen LogP) is 2.46. The van der Waals surface area contributed by atoms with Crippen LogP contribution in [0.2, 0.25) is 0 Å². The molecule has 2 aliphatic rings. The molecule has 7 nitrogen and oxygen atoms in total. The molecule has 2 aromatic rings. The van der Waals surface area contributed by atoms with Gasteiger partial charge in [0.25, 0.3) is 0 Å². The topological polar surface area (TPSA) is 81.9 Å². The van der Waals surface area contributed by atoms with E-state index in [1.54, 1.807) is 4.68 Å². The fraction of sp³-hybridized carbons (Fsp3) is 0.556. The van der Waals surface area contributed by atoms with Crippen molar-refractivity contribution in [3.05, 3.63) is 24.3 Å². The minimum absolute atomic E-state index is 0.0615. The zero-order chi connectivity index (χ0) is 17.9. The van der Waals surface area contributed by atoms with Crippen LogP contribution in [0.1, 0.15) is 32.6 Å². The second-order valence-corrected chi connectivity index (χ2v) is 7.77. The van der Waals surface area contributed by atoms with Crippen LogP contribution < -0.4 is 10.1 Å². The monoisotopic (exact) mass is 373 g/mol. The van der Waals surface area contributed by atoms with Crippen molar-refractivity contribution in [1.82, 2.24) is 25.5 Å². The molecular weight excluding hydrogens is 350 g/mol. The van der Waals surface area contributed by atoms with E-state index in [4.69, 9.17) is 4.74 Å². The molecule has 0 saturated heterocycles. The lowest BCUT2D eigenvalue weighted by Crippen LogP contribution is -2.39. The molecule has 0 radical (unpaired) electrons. The largest absolute Gasteiger partial charge is 0.492 e. The maximum absolute atomic E-state index is 12.4. The van der Waals surface area contributed by atoms with E-state index in [0.29, 0.717) is 35.4 Å². The summed E-state index contributed by atoms with van der Waals surface area (Å²) in [6.07, 6.45) is 5.00. The van der Waals surface area contributed by atoms with E-state index in [2.05, 4.69) is 20.8 Å². The molecular formula is C18H23N5O2S. The van der Waals surface area contributed by atoms with Gasteiger partial charge in [-0.1, -0.05) is 23.9 Å². The Labute approximate surface area is 156 Å². The van der Waals surface area contributed by atoms with Crippen LogP contribution in [-0.4, -0.2) is 44.5 Å². The molecule has 138 valence electrons. The van der Waals surface area contributed by atoms with Crippen molar-refractivity contribution in [2.24, 2.45) is 11.8 Å². The van der Waals surface area contributed by atoms with E-state index in [1.807, 2.05) is 31.2 Å². The normalized spacial score (nSPS) is 16.7. The first kappa shape index (κ1) is 17.3. The minimum atomic E-state index is 0.0615. The third-order valence-electron chi connectivity index (χ3n) is 4.75. The number of benzene rings is 1. The smallest absolute Gasteiger partial charge is 0.230 e. The van der Waals surface area contributed by atoms with Gasteiger partial charge in [0.1, 0.15) is 11.4 Å². The molecule has 1 aromatic carbocycles. The van der Waals surface area contributed by atoms with Gasteiger partial charge in [0.15, 0.2) is 0 Å². The molecule has 0 unspecified atom stereocenters. The molecule has 1 N–H and O–H groups in total. The van der Waals surface area contributed by atoms with Crippen LogP contribution in [-0.2, 0) is 4.79 Å². The molecule has 1 amide bonds. The second-order valence-electron chi connectivity index (χ2n) is 6.83. The van der Waals surface area contributed by atoms with E-state index in [9.17, 15) is 4.79 Å². The fourth-order valence-electron chi connectivity index (χ4n) is 3.22. The number of nitrogens with one attached hydrogen (secondary N) is 1. The summed E-state index contributed by atoms with van der Waals surface area (Å²) in [4.78, 5) is 12.4. The van der Waals surface area contributed by atoms with Crippen molar-refractivity contribution in [1.29, 1.82) is 0 Å². The Kier molecular flexibility index (Phi) is 5.10. The third-order valence-corrected chi connectivity index (χ3v) is 5.67. The predicted molar refractivity (Wildman–Crippen MR) is 98.4 cm³/mol. The Balaban J connectivity index is 1.40. The number of thioether (sulfide) groups is 1. The molecule has 0 bridgehead atoms. The summed E-state index contributed by atoms with van der Waals surface area (Å²) in [6, 6.07) is 7.99. The number of hydrogen-bond acceptors (Lipinski definition) is 6. The maximum Gasteiger partial charge on any atom is 0.230 e. The molecule has 2 fully saturated rings. The van der Waals surface area contributed by atoms with Crippen LogP contribution in [0.5, 0.6) is 5.75 Å². The number of amides is 1. The highest BCUT2D eigenvalue weighted by Crippen LogP contribution is 2.44. The first-order valence-electron chi connectivity index (χ1n) is 9.19. The zero-order valence-corrected chi connectivity index (χ0v) is 15.6. The summed E-state index contributed by atoms with van der Waals surface area (Å²) in [5.41, 5.74) is 0.774. The Morgan fingerprint density at radius 3 is 2.73 bits per heavy atom. The number of aromatic nitrogens is 4. The van der Waals surface area contributed by atoms with Crippen molar-refractivity contribution >= 4 is 17.7 Å². The van der Waals surface area contributed by atoms with Gasteiger partial charge in [-0.25, -0.2) is 0 Å². The number of ether oxygens (including phenoxy) is 1. The van der Waals surface area contributed by atoms with Crippen LogP contribution in [0.4, 0.5) is 0 Å². The van der Waals surface area contributed by atoms with Crippen molar-refractivity contribution < 1.29 is 9.53 Å². The molecule has 0 aliphatic heterocycles. The van der Waals surface area contributed by atoms with Gasteiger partial charge in [-0.15, -0.1) is 5.10 Å². The number of rotatable bonds is 9. The van der Waals surface area contributed by atoms with Crippen LogP contribution in [0.15, 0.2) is 29.4 Å². The van der Waals surface area contributed by atoms with Gasteiger partial charge in [0.2, 0.25) is 11.1 Å². The molecule has 1 aromatic heterocycles. The Morgan fingerprint density at radius 1 is 1.31 bits per heavy atom. The van der Waals surface area contributed by atoms with Crippen molar-refractivity contribution in [3.63, 3.8) is 0 Å². The minimum Gasteiger partial charge on any atom is -0.492 e. The molecule has 4 rings (SSSR count). The van der Waals surface area contributed by atoms with Gasteiger partial charge < -0.3 is 10.1 Å². The van der Waals surface area contributed by atoms with Gasteiger partial charge in [-0.3, -0.25) is 4.79 Å². The molecule has 26 heavy (non-hydrogen) atoms. The number of carbonyl (C=O) groups is 1. The van der Waals surface area contributed by atoms with E-state index >= 15 is 0 Å². The average Bonchev–Trinajstić information content (AvgIpc) is 3.57. The molecule has 0 spiro atoms. The lowest BCUT2D eigenvalue weighted by molar-refractivity contribution is -0.119. The van der Waals surface area contributed by atoms with Gasteiger partial charge in [0, 0.05) is 6.04 Å². The summed E-state index contributed by atoms with van der Waals surface area (Å²) < 4.78 is 7.28. The summed E-state index contributed by atoms with van der Waals surface area (Å²) in [5, 5.41) is 15.7. The van der Waals surface area contributed by atoms with Crippen molar-refractivity contribution in [3.8, 4) is 11.4 Å². The highest BCUT2D eigenvalue weighted by Gasteiger charge is 2.42. The second kappa shape index (κ2) is 7.65. The van der Waals surface area contributed by atoms with Gasteiger partial charge in [-0.05, 0) is 67.0 Å². The number of nitrogens with zero attached hydrogens (tertiary/aromatic N) is 4. The summed E-state index contributed by atoms with van der Waals surface area (Å²) in [5.74, 6) is 2.48. The Morgan fingerprint density at radius 2 is 2.04 bits per heavy atom. The quantitative estimate of drug-likeness (QED) is 0.680. The Hall–Kier alpha value is -2.09. The summed E-state index contributed by atoms with van der Waals surface area (Å²) in [7, 11) is 0. The number of para-hydroxylation sites is 2. The number of hydrogen-bond donors (Lipinski definition) is 1. The number of carbonyl (C=O) groups excluding carboxylic acids is 1. The van der Waals surface area contributed by atoms with Crippen LogP contribution >= 0.6 is 11.8 Å². The highest BCUT2D eigenvalue weighted by molar-refractivity contribution is 7.99. The van der Waals surface area contributed by atoms with E-state index in [-0.39, 0.29) is 5.91 Å². The Bertz CT molecular complexity index is 760. The fourth-order valence-corrected chi connectivity index (χ4v) is 3.91. The van der Waals surface area contributed by atoms with Gasteiger partial charge in [-0.2, -0.15) is 4.68 Å². The SMILES string of the molecule is CCOc1ccccc1-n1nnnc1SCC(=O)NC(C1CC1)C1CC1. The molecule has 2 aliphatic carbocycles. The van der Waals surface area contributed by atoms with Gasteiger partial charge >= 0.3 is 0 Å². The van der Waals surface area contributed by atoms with Crippen LogP contribution in [0, 0.1) is 11.8 Å². The first-order valence-corrected chi connectivity index (χ1v) is 10.2. The lowest BCUT2D eigenvalue weighted by atomic mass is 10.1.